The van der Waals surface area contributed by atoms with Crippen molar-refractivity contribution in [2.24, 2.45) is 0 Å². The number of aliphatic hydroxyl groups is 1. The molecule has 0 saturated heterocycles. The Hall–Kier alpha value is -1.19. The molecular weight excluding hydrogens is 242 g/mol. The maximum Gasteiger partial charge on any atom is 0.115 e. The van der Waals surface area contributed by atoms with E-state index in [9.17, 15) is 5.11 Å². The Bertz CT molecular complexity index is 503. The number of aliphatic hydroxyl groups excluding tert-OH is 1. The van der Waals surface area contributed by atoms with Crippen LogP contribution in [0.15, 0.2) is 30.3 Å². The first-order valence-corrected chi connectivity index (χ1v) is 7.10. The van der Waals surface area contributed by atoms with Crippen LogP contribution in [0.4, 0.5) is 0 Å². The van der Waals surface area contributed by atoms with E-state index in [0.29, 0.717) is 5.92 Å². The fourth-order valence-electron chi connectivity index (χ4n) is 1.92. The molecule has 0 amide bonds. The van der Waals surface area contributed by atoms with Gasteiger partial charge in [-0.2, -0.15) is 4.37 Å². The Morgan fingerprint density at radius 3 is 2.33 bits per heavy atom. The summed E-state index contributed by atoms with van der Waals surface area (Å²) in [7, 11) is 0. The molecule has 96 valence electrons. The molecule has 0 aliphatic heterocycles. The first kappa shape index (κ1) is 13.2. The Morgan fingerprint density at radius 1 is 1.22 bits per heavy atom. The number of rotatable bonds is 4. The topological polar surface area (TPSA) is 33.1 Å². The number of aryl methyl sites for hydroxylation is 1. The van der Waals surface area contributed by atoms with Crippen molar-refractivity contribution in [2.45, 2.75) is 39.2 Å². The Morgan fingerprint density at radius 2 is 1.83 bits per heavy atom. The quantitative estimate of drug-likeness (QED) is 0.900. The number of hydrogen-bond donors (Lipinski definition) is 1. The van der Waals surface area contributed by atoms with Gasteiger partial charge in [0.15, 0.2) is 0 Å². The monoisotopic (exact) mass is 261 g/mol. The molecule has 0 aliphatic rings. The van der Waals surface area contributed by atoms with Crippen molar-refractivity contribution in [3.63, 3.8) is 0 Å². The summed E-state index contributed by atoms with van der Waals surface area (Å²) >= 11 is 1.37. The molecule has 0 spiro atoms. The summed E-state index contributed by atoms with van der Waals surface area (Å²) in [4.78, 5) is 0.906. The van der Waals surface area contributed by atoms with Gasteiger partial charge in [0.1, 0.15) is 6.10 Å². The van der Waals surface area contributed by atoms with Gasteiger partial charge in [0, 0.05) is 0 Å². The van der Waals surface area contributed by atoms with E-state index in [4.69, 9.17) is 0 Å². The molecule has 2 atom stereocenters. The van der Waals surface area contributed by atoms with Crippen molar-refractivity contribution < 1.29 is 5.11 Å². The lowest BCUT2D eigenvalue weighted by Crippen LogP contribution is -1.98. The fourth-order valence-corrected chi connectivity index (χ4v) is 2.68. The molecule has 0 saturated carbocycles. The van der Waals surface area contributed by atoms with E-state index < -0.39 is 6.10 Å². The smallest absolute Gasteiger partial charge is 0.115 e. The van der Waals surface area contributed by atoms with Crippen molar-refractivity contribution in [3.8, 4) is 0 Å². The zero-order chi connectivity index (χ0) is 13.1. The summed E-state index contributed by atoms with van der Waals surface area (Å²) in [6.07, 6.45) is 0.581. The van der Waals surface area contributed by atoms with E-state index in [1.165, 1.54) is 17.1 Å². The van der Waals surface area contributed by atoms with Gasteiger partial charge in [-0.25, -0.2) is 0 Å². The van der Waals surface area contributed by atoms with Crippen LogP contribution in [0.25, 0.3) is 0 Å². The van der Waals surface area contributed by atoms with Crippen LogP contribution >= 0.6 is 11.5 Å². The van der Waals surface area contributed by atoms with Crippen LogP contribution in [0.5, 0.6) is 0 Å². The van der Waals surface area contributed by atoms with Crippen molar-refractivity contribution in [2.75, 3.05) is 0 Å². The van der Waals surface area contributed by atoms with Gasteiger partial charge in [0.05, 0.1) is 10.6 Å². The lowest BCUT2D eigenvalue weighted by atomic mass is 9.96. The highest BCUT2D eigenvalue weighted by Crippen LogP contribution is 2.27. The normalized spacial score (nSPS) is 14.4. The molecule has 1 heterocycles. The van der Waals surface area contributed by atoms with E-state index in [2.05, 4.69) is 30.4 Å². The molecule has 2 nitrogen and oxygen atoms in total. The molecular formula is C15H19NOS. The number of nitrogens with zero attached hydrogens (tertiary/aromatic N) is 1. The maximum atomic E-state index is 10.3. The average Bonchev–Trinajstić information content (AvgIpc) is 2.84. The lowest BCUT2D eigenvalue weighted by Gasteiger charge is -2.12. The predicted octanol–water partition coefficient (Wildman–Crippen LogP) is 4.05. The molecule has 0 unspecified atom stereocenters. The zero-order valence-electron chi connectivity index (χ0n) is 11.1. The predicted molar refractivity (Wildman–Crippen MR) is 76.1 cm³/mol. The third kappa shape index (κ3) is 2.79. The van der Waals surface area contributed by atoms with E-state index in [0.717, 1.165) is 22.6 Å². The van der Waals surface area contributed by atoms with Crippen LogP contribution in [0, 0.1) is 6.92 Å². The van der Waals surface area contributed by atoms with Crippen molar-refractivity contribution in [1.82, 2.24) is 4.37 Å². The van der Waals surface area contributed by atoms with Crippen LogP contribution in [-0.4, -0.2) is 9.48 Å². The molecule has 3 heteroatoms. The molecule has 18 heavy (non-hydrogen) atoms. The van der Waals surface area contributed by atoms with Crippen molar-refractivity contribution >= 4 is 11.5 Å². The second-order valence-electron chi connectivity index (χ2n) is 4.75. The average molecular weight is 261 g/mol. The first-order valence-electron chi connectivity index (χ1n) is 6.33. The number of aromatic nitrogens is 1. The Balaban J connectivity index is 2.19. The van der Waals surface area contributed by atoms with E-state index >= 15 is 0 Å². The highest BCUT2D eigenvalue weighted by Gasteiger charge is 2.13. The summed E-state index contributed by atoms with van der Waals surface area (Å²) in [6.45, 7) is 6.35. The molecule has 1 aromatic heterocycles. The van der Waals surface area contributed by atoms with Crippen LogP contribution in [-0.2, 0) is 0 Å². The minimum atomic E-state index is -0.554. The first-order chi connectivity index (χ1) is 8.61. The summed E-state index contributed by atoms with van der Waals surface area (Å²) in [5.74, 6) is 0.571. The van der Waals surface area contributed by atoms with Crippen LogP contribution < -0.4 is 0 Å². The highest BCUT2D eigenvalue weighted by molar-refractivity contribution is 7.05. The SMILES string of the molecule is CC[C@@H](C)c1ccc([C@@H](O)c2cc(C)ns2)cc1. The van der Waals surface area contributed by atoms with Crippen LogP contribution in [0.3, 0.4) is 0 Å². The van der Waals surface area contributed by atoms with Gasteiger partial charge in [-0.3, -0.25) is 0 Å². The molecule has 0 bridgehead atoms. The summed E-state index contributed by atoms with van der Waals surface area (Å²) < 4.78 is 4.20. The minimum Gasteiger partial charge on any atom is -0.383 e. The van der Waals surface area contributed by atoms with Gasteiger partial charge in [-0.1, -0.05) is 38.1 Å². The summed E-state index contributed by atoms with van der Waals surface area (Å²) in [5, 5.41) is 10.3. The zero-order valence-corrected chi connectivity index (χ0v) is 11.9. The van der Waals surface area contributed by atoms with Gasteiger partial charge < -0.3 is 5.11 Å². The van der Waals surface area contributed by atoms with Gasteiger partial charge in [-0.15, -0.1) is 0 Å². The Labute approximate surface area is 112 Å². The van der Waals surface area contributed by atoms with Crippen molar-refractivity contribution in [3.05, 3.63) is 52.0 Å². The molecule has 0 radical (unpaired) electrons. The second kappa shape index (κ2) is 5.63. The van der Waals surface area contributed by atoms with E-state index in [-0.39, 0.29) is 0 Å². The molecule has 1 aromatic carbocycles. The van der Waals surface area contributed by atoms with E-state index in [1.807, 2.05) is 25.1 Å². The molecule has 0 fully saturated rings. The van der Waals surface area contributed by atoms with Crippen molar-refractivity contribution in [1.29, 1.82) is 0 Å². The Kier molecular flexibility index (Phi) is 4.15. The fraction of sp³-hybridized carbons (Fsp3) is 0.400. The lowest BCUT2D eigenvalue weighted by molar-refractivity contribution is 0.224. The number of hydrogen-bond acceptors (Lipinski definition) is 3. The van der Waals surface area contributed by atoms with Gasteiger partial charge >= 0.3 is 0 Å². The summed E-state index contributed by atoms with van der Waals surface area (Å²) in [5.41, 5.74) is 3.23. The van der Waals surface area contributed by atoms with Crippen LogP contribution in [0.2, 0.25) is 0 Å². The highest BCUT2D eigenvalue weighted by atomic mass is 32.1. The maximum absolute atomic E-state index is 10.3. The standard InChI is InChI=1S/C15H19NOS/c1-4-10(2)12-5-7-13(8-6-12)15(17)14-9-11(3)16-18-14/h5-10,15,17H,4H2,1-3H3/t10-,15-/m1/s1. The van der Waals surface area contributed by atoms with Crippen LogP contribution in [0.1, 0.15) is 54.0 Å². The molecule has 0 aliphatic carbocycles. The minimum absolute atomic E-state index is 0.554. The van der Waals surface area contributed by atoms with Gasteiger partial charge in [0.25, 0.3) is 0 Å². The van der Waals surface area contributed by atoms with Gasteiger partial charge in [-0.05, 0) is 48.0 Å². The molecule has 2 aromatic rings. The second-order valence-corrected chi connectivity index (χ2v) is 5.59. The molecule has 2 rings (SSSR count). The van der Waals surface area contributed by atoms with Gasteiger partial charge in [0.2, 0.25) is 0 Å². The third-order valence-corrected chi connectivity index (χ3v) is 4.28. The van der Waals surface area contributed by atoms with E-state index in [1.54, 1.807) is 0 Å². The molecule has 1 N–H and O–H groups in total. The summed E-state index contributed by atoms with van der Waals surface area (Å²) in [6, 6.07) is 10.2. The number of benzene rings is 1. The largest absolute Gasteiger partial charge is 0.383 e. The third-order valence-electron chi connectivity index (χ3n) is 3.35.